The third-order valence-electron chi connectivity index (χ3n) is 4.09. The quantitative estimate of drug-likeness (QED) is 0.720. The highest BCUT2D eigenvalue weighted by atomic mass is 14.9. The van der Waals surface area contributed by atoms with Crippen LogP contribution in [0.5, 0.6) is 0 Å². The van der Waals surface area contributed by atoms with Gasteiger partial charge < -0.3 is 5.32 Å². The summed E-state index contributed by atoms with van der Waals surface area (Å²) in [5.41, 5.74) is 4.42. The maximum atomic E-state index is 9.04. The highest BCUT2D eigenvalue weighted by molar-refractivity contribution is 5.33. The molecule has 0 bridgehead atoms. The molecule has 0 spiro atoms. The number of nitrogens with one attached hydrogen (secondary N) is 1. The van der Waals surface area contributed by atoms with E-state index in [1.807, 2.05) is 30.3 Å². The summed E-state index contributed by atoms with van der Waals surface area (Å²) >= 11 is 0. The van der Waals surface area contributed by atoms with Crippen molar-refractivity contribution in [3.8, 4) is 6.07 Å². The van der Waals surface area contributed by atoms with E-state index in [1.54, 1.807) is 0 Å². The molecule has 0 fully saturated rings. The Hall–Kier alpha value is -2.89. The Morgan fingerprint density at radius 3 is 2.17 bits per heavy atom. The Kier molecular flexibility index (Phi) is 5.40. The van der Waals surface area contributed by atoms with Crippen molar-refractivity contribution in [2.24, 2.45) is 0 Å². The van der Waals surface area contributed by atoms with Gasteiger partial charge >= 0.3 is 0 Å². The second-order valence-electron chi connectivity index (χ2n) is 5.85. The third-order valence-corrected chi connectivity index (χ3v) is 4.09. The van der Waals surface area contributed by atoms with Gasteiger partial charge in [0.05, 0.1) is 11.6 Å². The Labute approximate surface area is 143 Å². The number of hydrogen-bond donors (Lipinski definition) is 1. The molecule has 2 nitrogen and oxygen atoms in total. The molecule has 0 aliphatic rings. The number of nitrogens with zero attached hydrogens (tertiary/aromatic N) is 1. The van der Waals surface area contributed by atoms with E-state index in [-0.39, 0.29) is 6.04 Å². The normalized spacial score (nSPS) is 11.6. The van der Waals surface area contributed by atoms with Crippen LogP contribution in [-0.2, 0) is 13.0 Å². The lowest BCUT2D eigenvalue weighted by atomic mass is 9.98. The van der Waals surface area contributed by atoms with E-state index >= 15 is 0 Å². The zero-order valence-electron chi connectivity index (χ0n) is 13.5. The van der Waals surface area contributed by atoms with Crippen LogP contribution in [0.3, 0.4) is 0 Å². The van der Waals surface area contributed by atoms with Gasteiger partial charge in [-0.25, -0.2) is 0 Å². The average molecular weight is 312 g/mol. The second kappa shape index (κ2) is 8.10. The van der Waals surface area contributed by atoms with Crippen LogP contribution in [0.1, 0.15) is 28.3 Å². The minimum absolute atomic E-state index is 0.236. The van der Waals surface area contributed by atoms with Gasteiger partial charge in [0.25, 0.3) is 0 Å². The van der Waals surface area contributed by atoms with Gasteiger partial charge in [-0.2, -0.15) is 5.26 Å². The van der Waals surface area contributed by atoms with Gasteiger partial charge in [-0.05, 0) is 35.2 Å². The molecule has 118 valence electrons. The zero-order chi connectivity index (χ0) is 16.6. The molecule has 0 aromatic heterocycles. The Balaban J connectivity index is 1.76. The Morgan fingerprint density at radius 1 is 0.792 bits per heavy atom. The number of nitriles is 1. The molecule has 3 rings (SSSR count). The molecule has 0 radical (unpaired) electrons. The maximum Gasteiger partial charge on any atom is 0.0991 e. The van der Waals surface area contributed by atoms with Gasteiger partial charge in [0.2, 0.25) is 0 Å². The van der Waals surface area contributed by atoms with Crippen molar-refractivity contribution >= 4 is 0 Å². The fourth-order valence-electron chi connectivity index (χ4n) is 2.83. The minimum Gasteiger partial charge on any atom is -0.306 e. The van der Waals surface area contributed by atoms with Crippen molar-refractivity contribution in [3.63, 3.8) is 0 Å². The standard InChI is InChI=1S/C22H20N2/c23-16-19-10-7-11-20(14-19)17-24-22(21-12-5-2-6-13-21)15-18-8-3-1-4-9-18/h1-14,22,24H,15,17H2. The number of rotatable bonds is 6. The second-order valence-corrected chi connectivity index (χ2v) is 5.85. The number of benzene rings is 3. The predicted octanol–water partition coefficient (Wildman–Crippen LogP) is 4.63. The molecule has 0 saturated heterocycles. The first-order valence-corrected chi connectivity index (χ1v) is 8.16. The topological polar surface area (TPSA) is 35.8 Å². The van der Waals surface area contributed by atoms with E-state index in [2.05, 4.69) is 66.0 Å². The van der Waals surface area contributed by atoms with Gasteiger partial charge in [0.15, 0.2) is 0 Å². The minimum atomic E-state index is 0.236. The molecular formula is C22H20N2. The van der Waals surface area contributed by atoms with Crippen LogP contribution in [0, 0.1) is 11.3 Å². The van der Waals surface area contributed by atoms with Crippen LogP contribution in [-0.4, -0.2) is 0 Å². The van der Waals surface area contributed by atoms with Crippen LogP contribution in [0.25, 0.3) is 0 Å². The molecule has 1 atom stereocenters. The summed E-state index contributed by atoms with van der Waals surface area (Å²) in [7, 11) is 0. The Morgan fingerprint density at radius 2 is 1.46 bits per heavy atom. The van der Waals surface area contributed by atoms with Crippen molar-refractivity contribution in [2.75, 3.05) is 0 Å². The molecule has 0 aliphatic carbocycles. The molecule has 0 amide bonds. The summed E-state index contributed by atoms with van der Waals surface area (Å²) in [4.78, 5) is 0. The molecule has 3 aromatic carbocycles. The van der Waals surface area contributed by atoms with E-state index in [1.165, 1.54) is 11.1 Å². The van der Waals surface area contributed by atoms with E-state index < -0.39 is 0 Å². The highest BCUT2D eigenvalue weighted by Gasteiger charge is 2.11. The monoisotopic (exact) mass is 312 g/mol. The summed E-state index contributed by atoms with van der Waals surface area (Å²) in [5, 5.41) is 12.7. The zero-order valence-corrected chi connectivity index (χ0v) is 13.5. The van der Waals surface area contributed by atoms with Gasteiger partial charge in [-0.3, -0.25) is 0 Å². The largest absolute Gasteiger partial charge is 0.306 e. The van der Waals surface area contributed by atoms with Crippen LogP contribution in [0.15, 0.2) is 84.9 Å². The molecule has 0 heterocycles. The SMILES string of the molecule is N#Cc1cccc(CNC(Cc2ccccc2)c2ccccc2)c1. The molecule has 0 aliphatic heterocycles. The van der Waals surface area contributed by atoms with Crippen molar-refractivity contribution in [2.45, 2.75) is 19.0 Å². The molecule has 1 unspecified atom stereocenters. The van der Waals surface area contributed by atoms with Crippen molar-refractivity contribution in [1.29, 1.82) is 5.26 Å². The van der Waals surface area contributed by atoms with Crippen LogP contribution < -0.4 is 5.32 Å². The fourth-order valence-corrected chi connectivity index (χ4v) is 2.83. The van der Waals surface area contributed by atoms with Crippen molar-refractivity contribution in [1.82, 2.24) is 5.32 Å². The summed E-state index contributed by atoms with van der Waals surface area (Å²) in [6, 6.07) is 31.2. The molecule has 2 heteroatoms. The van der Waals surface area contributed by atoms with E-state index in [0.29, 0.717) is 5.56 Å². The first kappa shape index (κ1) is 16.0. The van der Waals surface area contributed by atoms with Crippen LogP contribution in [0.2, 0.25) is 0 Å². The van der Waals surface area contributed by atoms with E-state index in [4.69, 9.17) is 5.26 Å². The molecule has 1 N–H and O–H groups in total. The third kappa shape index (κ3) is 4.32. The average Bonchev–Trinajstić information content (AvgIpc) is 2.67. The molecule has 3 aromatic rings. The van der Waals surface area contributed by atoms with Crippen LogP contribution >= 0.6 is 0 Å². The van der Waals surface area contributed by atoms with Gasteiger partial charge in [-0.15, -0.1) is 0 Å². The van der Waals surface area contributed by atoms with Crippen molar-refractivity contribution in [3.05, 3.63) is 107 Å². The lowest BCUT2D eigenvalue weighted by Gasteiger charge is -2.20. The highest BCUT2D eigenvalue weighted by Crippen LogP contribution is 2.19. The first-order chi connectivity index (χ1) is 11.8. The fraction of sp³-hybridized carbons (Fsp3) is 0.136. The van der Waals surface area contributed by atoms with Gasteiger partial charge in [0.1, 0.15) is 0 Å². The summed E-state index contributed by atoms with van der Waals surface area (Å²) < 4.78 is 0. The first-order valence-electron chi connectivity index (χ1n) is 8.16. The lowest BCUT2D eigenvalue weighted by molar-refractivity contribution is 0.530. The van der Waals surface area contributed by atoms with Crippen molar-refractivity contribution < 1.29 is 0 Å². The smallest absolute Gasteiger partial charge is 0.0991 e. The van der Waals surface area contributed by atoms with Crippen LogP contribution in [0.4, 0.5) is 0 Å². The van der Waals surface area contributed by atoms with Gasteiger partial charge in [0, 0.05) is 12.6 Å². The molecule has 24 heavy (non-hydrogen) atoms. The summed E-state index contributed by atoms with van der Waals surface area (Å²) in [5.74, 6) is 0. The molecule has 0 saturated carbocycles. The lowest BCUT2D eigenvalue weighted by Crippen LogP contribution is -2.23. The summed E-state index contributed by atoms with van der Waals surface area (Å²) in [6.07, 6.45) is 0.933. The summed E-state index contributed by atoms with van der Waals surface area (Å²) in [6.45, 7) is 0.738. The maximum absolute atomic E-state index is 9.04. The van der Waals surface area contributed by atoms with E-state index in [9.17, 15) is 0 Å². The van der Waals surface area contributed by atoms with E-state index in [0.717, 1.165) is 18.5 Å². The molecular weight excluding hydrogens is 292 g/mol. The Bertz CT molecular complexity index is 804. The predicted molar refractivity (Wildman–Crippen MR) is 97.3 cm³/mol. The number of hydrogen-bond acceptors (Lipinski definition) is 2. The van der Waals surface area contributed by atoms with Gasteiger partial charge in [-0.1, -0.05) is 72.8 Å².